The van der Waals surface area contributed by atoms with Crippen molar-refractivity contribution in [3.63, 3.8) is 0 Å². The van der Waals surface area contributed by atoms with Crippen LogP contribution in [0.3, 0.4) is 0 Å². The van der Waals surface area contributed by atoms with Crippen molar-refractivity contribution in [2.24, 2.45) is 0 Å². The molecule has 1 fully saturated rings. The summed E-state index contributed by atoms with van der Waals surface area (Å²) in [6, 6.07) is 9.90. The normalized spacial score (nSPS) is 15.0. The van der Waals surface area contributed by atoms with Crippen molar-refractivity contribution >= 4 is 22.4 Å². The van der Waals surface area contributed by atoms with Gasteiger partial charge in [-0.3, -0.25) is 0 Å². The molecule has 94 valence electrons. The van der Waals surface area contributed by atoms with Gasteiger partial charge in [-0.25, -0.2) is 4.68 Å². The molecule has 0 saturated heterocycles. The third kappa shape index (κ3) is 1.79. The monoisotopic (exact) mass is 270 g/mol. The molecule has 1 aromatic carbocycles. The molecule has 2 aromatic heterocycles. The lowest BCUT2D eigenvalue weighted by Gasteiger charge is -2.05. The van der Waals surface area contributed by atoms with Gasteiger partial charge in [0.05, 0.1) is 5.69 Å². The third-order valence-electron chi connectivity index (χ3n) is 3.45. The predicted molar refractivity (Wildman–Crippen MR) is 73.6 cm³/mol. The highest BCUT2D eigenvalue weighted by Crippen LogP contribution is 2.39. The molecule has 0 radical (unpaired) electrons. The highest BCUT2D eigenvalue weighted by Gasteiger charge is 2.26. The Labute approximate surface area is 115 Å². The molecule has 4 nitrogen and oxygen atoms in total. The van der Waals surface area contributed by atoms with Gasteiger partial charge in [-0.15, -0.1) is 10.2 Å². The first-order valence-corrected chi connectivity index (χ1v) is 6.67. The van der Waals surface area contributed by atoms with E-state index in [9.17, 15) is 0 Å². The molecule has 1 aliphatic carbocycles. The quantitative estimate of drug-likeness (QED) is 0.717. The van der Waals surface area contributed by atoms with Crippen LogP contribution in [0.15, 0.2) is 36.5 Å². The Balaban J connectivity index is 1.91. The van der Waals surface area contributed by atoms with E-state index in [-0.39, 0.29) is 0 Å². The van der Waals surface area contributed by atoms with E-state index in [2.05, 4.69) is 21.4 Å². The highest BCUT2D eigenvalue weighted by molar-refractivity contribution is 6.34. The largest absolute Gasteiger partial charge is 0.220 e. The maximum atomic E-state index is 6.08. The van der Waals surface area contributed by atoms with Crippen molar-refractivity contribution in [1.29, 1.82) is 0 Å². The van der Waals surface area contributed by atoms with Crippen LogP contribution < -0.4 is 0 Å². The Bertz CT molecular complexity index is 761. The number of aromatic nitrogens is 4. The molecule has 1 aliphatic rings. The standard InChI is InChI=1S/C14H11ClN4/c15-13-10-3-1-2-4-11(10)14(17-16-13)19-8-7-12(18-19)9-5-6-9/h1-4,7-9H,5-6H2. The summed E-state index contributed by atoms with van der Waals surface area (Å²) in [5.74, 6) is 1.36. The molecule has 4 rings (SSSR count). The first-order valence-electron chi connectivity index (χ1n) is 6.30. The molecule has 19 heavy (non-hydrogen) atoms. The van der Waals surface area contributed by atoms with Crippen molar-refractivity contribution < 1.29 is 0 Å². The average molecular weight is 271 g/mol. The minimum absolute atomic E-state index is 0.425. The molecule has 2 heterocycles. The van der Waals surface area contributed by atoms with Gasteiger partial charge in [0.2, 0.25) is 0 Å². The molecule has 0 aliphatic heterocycles. The van der Waals surface area contributed by atoms with Crippen molar-refractivity contribution in [3.05, 3.63) is 47.4 Å². The fourth-order valence-electron chi connectivity index (χ4n) is 2.28. The highest BCUT2D eigenvalue weighted by atomic mass is 35.5. The van der Waals surface area contributed by atoms with Crippen LogP contribution in [0.5, 0.6) is 0 Å². The number of hydrogen-bond donors (Lipinski definition) is 0. The minimum atomic E-state index is 0.425. The predicted octanol–water partition coefficient (Wildman–Crippen LogP) is 3.35. The molecule has 0 amide bonds. The van der Waals surface area contributed by atoms with Gasteiger partial charge in [0, 0.05) is 22.9 Å². The SMILES string of the molecule is Clc1nnc(-n2ccc(C3CC3)n2)c2ccccc12. The topological polar surface area (TPSA) is 43.6 Å². The molecule has 0 spiro atoms. The summed E-state index contributed by atoms with van der Waals surface area (Å²) in [6.07, 6.45) is 4.42. The minimum Gasteiger partial charge on any atom is -0.220 e. The first kappa shape index (κ1) is 10.9. The van der Waals surface area contributed by atoms with Crippen molar-refractivity contribution in [2.75, 3.05) is 0 Å². The molecule has 0 unspecified atom stereocenters. The fraction of sp³-hybridized carbons (Fsp3) is 0.214. The number of fused-ring (bicyclic) bond motifs is 1. The average Bonchev–Trinajstić information content (AvgIpc) is 3.18. The van der Waals surface area contributed by atoms with Crippen molar-refractivity contribution in [1.82, 2.24) is 20.0 Å². The van der Waals surface area contributed by atoms with Crippen LogP contribution in [0.4, 0.5) is 0 Å². The number of nitrogens with zero attached hydrogens (tertiary/aromatic N) is 4. The molecule has 0 atom stereocenters. The lowest BCUT2D eigenvalue weighted by Crippen LogP contribution is -2.02. The Hall–Kier alpha value is -1.94. The zero-order chi connectivity index (χ0) is 12.8. The molecule has 3 aromatic rings. The molecule has 0 bridgehead atoms. The van der Waals surface area contributed by atoms with Gasteiger partial charge in [0.15, 0.2) is 11.0 Å². The lowest BCUT2D eigenvalue weighted by atomic mass is 10.2. The van der Waals surface area contributed by atoms with Crippen LogP contribution in [0.25, 0.3) is 16.6 Å². The van der Waals surface area contributed by atoms with Gasteiger partial charge < -0.3 is 0 Å². The summed E-state index contributed by atoms with van der Waals surface area (Å²) in [4.78, 5) is 0. The van der Waals surface area contributed by atoms with E-state index in [1.54, 1.807) is 4.68 Å². The van der Waals surface area contributed by atoms with Crippen molar-refractivity contribution in [3.8, 4) is 5.82 Å². The molecule has 1 saturated carbocycles. The van der Waals surface area contributed by atoms with Gasteiger partial charge in [-0.2, -0.15) is 5.10 Å². The fourth-order valence-corrected chi connectivity index (χ4v) is 2.48. The van der Waals surface area contributed by atoms with E-state index < -0.39 is 0 Å². The van der Waals surface area contributed by atoms with E-state index in [0.717, 1.165) is 22.3 Å². The Morgan fingerprint density at radius 1 is 1.05 bits per heavy atom. The second kappa shape index (κ2) is 4.03. The number of hydrogen-bond acceptors (Lipinski definition) is 3. The van der Waals surface area contributed by atoms with E-state index in [4.69, 9.17) is 11.6 Å². The van der Waals surface area contributed by atoms with Gasteiger partial charge in [-0.1, -0.05) is 35.9 Å². The van der Waals surface area contributed by atoms with Crippen LogP contribution in [0, 0.1) is 0 Å². The van der Waals surface area contributed by atoms with Crippen LogP contribution >= 0.6 is 11.6 Å². The first-order chi connectivity index (χ1) is 9.33. The van der Waals surface area contributed by atoms with Crippen molar-refractivity contribution in [2.45, 2.75) is 18.8 Å². The smallest absolute Gasteiger partial charge is 0.183 e. The second-order valence-corrected chi connectivity index (χ2v) is 5.18. The van der Waals surface area contributed by atoms with E-state index in [1.807, 2.05) is 30.5 Å². The third-order valence-corrected chi connectivity index (χ3v) is 3.72. The van der Waals surface area contributed by atoms with Gasteiger partial charge >= 0.3 is 0 Å². The van der Waals surface area contributed by atoms with E-state index >= 15 is 0 Å². The van der Waals surface area contributed by atoms with Gasteiger partial charge in [0.1, 0.15) is 0 Å². The Kier molecular flexibility index (Phi) is 2.32. The van der Waals surface area contributed by atoms with E-state index in [0.29, 0.717) is 11.1 Å². The number of rotatable bonds is 2. The lowest BCUT2D eigenvalue weighted by molar-refractivity contribution is 0.798. The molecular weight excluding hydrogens is 260 g/mol. The number of halogens is 1. The summed E-state index contributed by atoms with van der Waals surface area (Å²) >= 11 is 6.08. The second-order valence-electron chi connectivity index (χ2n) is 4.82. The van der Waals surface area contributed by atoms with E-state index in [1.165, 1.54) is 12.8 Å². The maximum Gasteiger partial charge on any atom is 0.183 e. The zero-order valence-electron chi connectivity index (χ0n) is 10.1. The zero-order valence-corrected chi connectivity index (χ0v) is 10.9. The maximum absolute atomic E-state index is 6.08. The summed E-state index contributed by atoms with van der Waals surface area (Å²) < 4.78 is 1.79. The van der Waals surface area contributed by atoms with Gasteiger partial charge in [-0.05, 0) is 18.9 Å². The molecular formula is C14H11ClN4. The Morgan fingerprint density at radius 3 is 2.63 bits per heavy atom. The summed E-state index contributed by atoms with van der Waals surface area (Å²) in [6.45, 7) is 0. The summed E-state index contributed by atoms with van der Waals surface area (Å²) in [5.41, 5.74) is 1.14. The van der Waals surface area contributed by atoms with Crippen LogP contribution in [0.2, 0.25) is 5.15 Å². The Morgan fingerprint density at radius 2 is 1.84 bits per heavy atom. The van der Waals surface area contributed by atoms with Crippen LogP contribution in [-0.4, -0.2) is 20.0 Å². The van der Waals surface area contributed by atoms with Crippen LogP contribution in [-0.2, 0) is 0 Å². The summed E-state index contributed by atoms with van der Waals surface area (Å²) in [7, 11) is 0. The summed E-state index contributed by atoms with van der Waals surface area (Å²) in [5, 5.41) is 15.1. The van der Waals surface area contributed by atoms with Gasteiger partial charge in [0.25, 0.3) is 0 Å². The van der Waals surface area contributed by atoms with Crippen LogP contribution in [0.1, 0.15) is 24.5 Å². The molecule has 5 heteroatoms. The molecule has 0 N–H and O–H groups in total. The number of benzene rings is 1.